The number of hydrogen-bond donors (Lipinski definition) is 3. The van der Waals surface area contributed by atoms with E-state index in [0.29, 0.717) is 6.54 Å². The van der Waals surface area contributed by atoms with Gasteiger partial charge in [0.1, 0.15) is 5.82 Å². The molecule has 0 bridgehead atoms. The normalized spacial score (nSPS) is 15.9. The number of anilines is 2. The minimum atomic E-state index is -1.16. The van der Waals surface area contributed by atoms with E-state index in [4.69, 9.17) is 15.6 Å². The van der Waals surface area contributed by atoms with Gasteiger partial charge in [-0.3, -0.25) is 4.90 Å². The second-order valence-electron chi connectivity index (χ2n) is 4.96. The first-order valence-corrected chi connectivity index (χ1v) is 6.94. The zero-order chi connectivity index (χ0) is 15.2. The van der Waals surface area contributed by atoms with Gasteiger partial charge >= 0.3 is 5.97 Å². The smallest absolute Gasteiger partial charge is 0.337 e. The van der Waals surface area contributed by atoms with Gasteiger partial charge in [-0.2, -0.15) is 0 Å². The lowest BCUT2D eigenvalue weighted by atomic mass is 10.1. The number of rotatable bonds is 6. The van der Waals surface area contributed by atoms with Crippen LogP contribution in [0.3, 0.4) is 0 Å². The van der Waals surface area contributed by atoms with Gasteiger partial charge in [0.15, 0.2) is 0 Å². The highest BCUT2D eigenvalue weighted by Crippen LogP contribution is 2.22. The highest BCUT2D eigenvalue weighted by Gasteiger charge is 2.13. The molecular weight excluding hydrogens is 277 g/mol. The summed E-state index contributed by atoms with van der Waals surface area (Å²) in [5.41, 5.74) is 5.49. The molecule has 116 valence electrons. The topological polar surface area (TPSA) is 87.8 Å². The van der Waals surface area contributed by atoms with Gasteiger partial charge in [0, 0.05) is 25.3 Å². The number of carboxylic acids is 1. The molecule has 21 heavy (non-hydrogen) atoms. The van der Waals surface area contributed by atoms with Crippen molar-refractivity contribution in [2.75, 3.05) is 50.4 Å². The van der Waals surface area contributed by atoms with Gasteiger partial charge in [0.05, 0.1) is 24.5 Å². The Hall–Kier alpha value is -1.86. The summed E-state index contributed by atoms with van der Waals surface area (Å²) >= 11 is 0. The Kier molecular flexibility index (Phi) is 5.35. The standard InChI is InChI=1S/C14H20FN3O3/c15-11-9-12(16)10(14(19)20)8-13(11)17-2-1-3-18-4-6-21-7-5-18/h8-9,17H,1-7,16H2,(H,19,20). The van der Waals surface area contributed by atoms with Gasteiger partial charge in [-0.25, -0.2) is 9.18 Å². The average molecular weight is 297 g/mol. The molecule has 1 aliphatic rings. The van der Waals surface area contributed by atoms with Crippen molar-refractivity contribution in [1.82, 2.24) is 4.90 Å². The molecule has 6 nitrogen and oxygen atoms in total. The maximum absolute atomic E-state index is 13.7. The highest BCUT2D eigenvalue weighted by atomic mass is 19.1. The molecule has 1 heterocycles. The van der Waals surface area contributed by atoms with E-state index in [1.807, 2.05) is 0 Å². The van der Waals surface area contributed by atoms with E-state index in [9.17, 15) is 9.18 Å². The van der Waals surface area contributed by atoms with E-state index >= 15 is 0 Å². The number of carboxylic acid groups (broad SMARTS) is 1. The summed E-state index contributed by atoms with van der Waals surface area (Å²) in [6.07, 6.45) is 0.840. The molecule has 0 saturated carbocycles. The Morgan fingerprint density at radius 2 is 2.14 bits per heavy atom. The van der Waals surface area contributed by atoms with Crippen molar-refractivity contribution in [2.45, 2.75) is 6.42 Å². The van der Waals surface area contributed by atoms with Gasteiger partial charge in [0.25, 0.3) is 0 Å². The molecule has 1 aliphatic heterocycles. The van der Waals surface area contributed by atoms with Crippen LogP contribution in [-0.2, 0) is 4.74 Å². The Morgan fingerprint density at radius 1 is 1.43 bits per heavy atom. The number of nitrogens with zero attached hydrogens (tertiary/aromatic N) is 1. The van der Waals surface area contributed by atoms with Crippen LogP contribution in [0.2, 0.25) is 0 Å². The monoisotopic (exact) mass is 297 g/mol. The molecular formula is C14H20FN3O3. The van der Waals surface area contributed by atoms with Gasteiger partial charge < -0.3 is 20.9 Å². The average Bonchev–Trinajstić information content (AvgIpc) is 2.46. The summed E-state index contributed by atoms with van der Waals surface area (Å²) in [5, 5.41) is 11.9. The van der Waals surface area contributed by atoms with Crippen molar-refractivity contribution in [3.63, 3.8) is 0 Å². The van der Waals surface area contributed by atoms with Crippen LogP contribution in [0.25, 0.3) is 0 Å². The number of nitrogens with one attached hydrogen (secondary N) is 1. The molecule has 0 aliphatic carbocycles. The molecule has 1 fully saturated rings. The van der Waals surface area contributed by atoms with Crippen molar-refractivity contribution in [3.8, 4) is 0 Å². The maximum atomic E-state index is 13.7. The van der Waals surface area contributed by atoms with E-state index in [1.165, 1.54) is 6.07 Å². The predicted octanol–water partition coefficient (Wildman–Crippen LogP) is 1.24. The Morgan fingerprint density at radius 3 is 2.81 bits per heavy atom. The van der Waals surface area contributed by atoms with Crippen LogP contribution in [0.1, 0.15) is 16.8 Å². The van der Waals surface area contributed by atoms with Gasteiger partial charge in [-0.1, -0.05) is 0 Å². The molecule has 0 radical (unpaired) electrons. The van der Waals surface area contributed by atoms with E-state index < -0.39 is 11.8 Å². The van der Waals surface area contributed by atoms with E-state index in [2.05, 4.69) is 10.2 Å². The van der Waals surface area contributed by atoms with E-state index in [1.54, 1.807) is 0 Å². The fourth-order valence-electron chi connectivity index (χ4n) is 2.26. The number of aromatic carboxylic acids is 1. The molecule has 0 aromatic heterocycles. The summed E-state index contributed by atoms with van der Waals surface area (Å²) < 4.78 is 19.0. The third-order valence-electron chi connectivity index (χ3n) is 3.44. The van der Waals surface area contributed by atoms with Crippen LogP contribution < -0.4 is 11.1 Å². The lowest BCUT2D eigenvalue weighted by Gasteiger charge is -2.26. The van der Waals surface area contributed by atoms with Crippen molar-refractivity contribution < 1.29 is 19.0 Å². The summed E-state index contributed by atoms with van der Waals surface area (Å²) in [4.78, 5) is 13.3. The van der Waals surface area contributed by atoms with E-state index in [0.717, 1.165) is 45.3 Å². The number of hydrogen-bond acceptors (Lipinski definition) is 5. The van der Waals surface area contributed by atoms with Crippen molar-refractivity contribution in [1.29, 1.82) is 0 Å². The summed E-state index contributed by atoms with van der Waals surface area (Å²) in [6, 6.07) is 2.27. The van der Waals surface area contributed by atoms with Gasteiger partial charge in [-0.15, -0.1) is 0 Å². The third-order valence-corrected chi connectivity index (χ3v) is 3.44. The van der Waals surface area contributed by atoms with Gasteiger partial charge in [-0.05, 0) is 25.1 Å². The van der Waals surface area contributed by atoms with Crippen molar-refractivity contribution in [2.24, 2.45) is 0 Å². The highest BCUT2D eigenvalue weighted by molar-refractivity contribution is 5.94. The SMILES string of the molecule is Nc1cc(F)c(NCCCN2CCOCC2)cc1C(=O)O. The zero-order valence-corrected chi connectivity index (χ0v) is 11.8. The summed E-state index contributed by atoms with van der Waals surface area (Å²) in [6.45, 7) is 4.80. The maximum Gasteiger partial charge on any atom is 0.337 e. The number of nitrogen functional groups attached to an aromatic ring is 1. The quantitative estimate of drug-likeness (QED) is 0.541. The fourth-order valence-corrected chi connectivity index (χ4v) is 2.26. The largest absolute Gasteiger partial charge is 0.478 e. The second-order valence-corrected chi connectivity index (χ2v) is 4.96. The number of nitrogens with two attached hydrogens (primary N) is 1. The van der Waals surface area contributed by atoms with Crippen LogP contribution in [0.4, 0.5) is 15.8 Å². The number of halogens is 1. The molecule has 1 aromatic carbocycles. The third kappa shape index (κ3) is 4.30. The predicted molar refractivity (Wildman–Crippen MR) is 78.1 cm³/mol. The lowest BCUT2D eigenvalue weighted by molar-refractivity contribution is 0.0378. The van der Waals surface area contributed by atoms with Crippen molar-refractivity contribution in [3.05, 3.63) is 23.5 Å². The molecule has 7 heteroatoms. The molecule has 1 saturated heterocycles. The number of benzene rings is 1. The van der Waals surface area contributed by atoms with Crippen LogP contribution in [-0.4, -0.2) is 55.4 Å². The molecule has 0 unspecified atom stereocenters. The first kappa shape index (κ1) is 15.5. The van der Waals surface area contributed by atoms with Gasteiger partial charge in [0.2, 0.25) is 0 Å². The van der Waals surface area contributed by atoms with Crippen LogP contribution in [0.15, 0.2) is 12.1 Å². The lowest BCUT2D eigenvalue weighted by Crippen LogP contribution is -2.37. The molecule has 2 rings (SSSR count). The molecule has 0 spiro atoms. The second kappa shape index (κ2) is 7.24. The molecule has 1 aromatic rings. The summed E-state index contributed by atoms with van der Waals surface area (Å²) in [7, 11) is 0. The molecule has 4 N–H and O–H groups in total. The minimum absolute atomic E-state index is 0.0705. The summed E-state index contributed by atoms with van der Waals surface area (Å²) in [5.74, 6) is -1.70. The van der Waals surface area contributed by atoms with Crippen LogP contribution >= 0.6 is 0 Å². The zero-order valence-electron chi connectivity index (χ0n) is 11.8. The Balaban J connectivity index is 1.85. The number of carbonyl (C=O) groups is 1. The van der Waals surface area contributed by atoms with Crippen LogP contribution in [0, 0.1) is 5.82 Å². The Labute approximate surface area is 122 Å². The number of morpholine rings is 1. The number of ether oxygens (including phenoxy) is 1. The van der Waals surface area contributed by atoms with Crippen LogP contribution in [0.5, 0.6) is 0 Å². The first-order valence-electron chi connectivity index (χ1n) is 6.94. The minimum Gasteiger partial charge on any atom is -0.478 e. The molecule has 0 amide bonds. The van der Waals surface area contributed by atoms with Crippen molar-refractivity contribution >= 4 is 17.3 Å². The Bertz CT molecular complexity index is 504. The molecule has 0 atom stereocenters. The first-order chi connectivity index (χ1) is 10.1. The van der Waals surface area contributed by atoms with E-state index in [-0.39, 0.29) is 16.9 Å². The fraction of sp³-hybridized carbons (Fsp3) is 0.500.